The maximum absolute atomic E-state index is 13.7. The molecular formula is C21H15BrF2N2O4S. The summed E-state index contributed by atoms with van der Waals surface area (Å²) < 4.78 is 33.0. The Morgan fingerprint density at radius 3 is 2.71 bits per heavy atom. The van der Waals surface area contributed by atoms with Crippen molar-refractivity contribution in [1.82, 2.24) is 4.90 Å². The van der Waals surface area contributed by atoms with E-state index in [1.807, 2.05) is 0 Å². The summed E-state index contributed by atoms with van der Waals surface area (Å²) in [7, 11) is 0. The van der Waals surface area contributed by atoms with Gasteiger partial charge in [0, 0.05) is 16.1 Å². The van der Waals surface area contributed by atoms with Gasteiger partial charge in [0.15, 0.2) is 0 Å². The summed E-state index contributed by atoms with van der Waals surface area (Å²) in [6.07, 6.45) is 3.06. The van der Waals surface area contributed by atoms with Crippen molar-refractivity contribution in [2.75, 3.05) is 18.5 Å². The number of carbonyl (C=O) groups excluding carboxylic acids is 3. The van der Waals surface area contributed by atoms with Crippen LogP contribution >= 0.6 is 27.7 Å². The highest BCUT2D eigenvalue weighted by atomic mass is 79.9. The minimum atomic E-state index is -0.968. The van der Waals surface area contributed by atoms with Crippen LogP contribution in [0.4, 0.5) is 19.3 Å². The molecule has 0 bridgehead atoms. The van der Waals surface area contributed by atoms with E-state index in [2.05, 4.69) is 27.8 Å². The molecule has 0 aromatic heterocycles. The Morgan fingerprint density at radius 2 is 2.00 bits per heavy atom. The third kappa shape index (κ3) is 5.59. The lowest BCUT2D eigenvalue weighted by Crippen LogP contribution is -2.36. The molecule has 2 aromatic carbocycles. The molecule has 160 valence electrons. The highest BCUT2D eigenvalue weighted by Crippen LogP contribution is 2.35. The largest absolute Gasteiger partial charge is 0.489 e. The first-order valence-electron chi connectivity index (χ1n) is 8.82. The van der Waals surface area contributed by atoms with E-state index in [0.717, 1.165) is 21.5 Å². The van der Waals surface area contributed by atoms with Crippen LogP contribution in [0.25, 0.3) is 6.08 Å². The van der Waals surface area contributed by atoms with Crippen molar-refractivity contribution in [1.29, 1.82) is 0 Å². The maximum atomic E-state index is 13.7. The molecule has 1 heterocycles. The number of rotatable bonds is 7. The monoisotopic (exact) mass is 508 g/mol. The van der Waals surface area contributed by atoms with Crippen LogP contribution in [0.3, 0.4) is 0 Å². The van der Waals surface area contributed by atoms with Gasteiger partial charge in [-0.3, -0.25) is 19.3 Å². The van der Waals surface area contributed by atoms with Crippen LogP contribution in [-0.4, -0.2) is 35.1 Å². The van der Waals surface area contributed by atoms with Crippen LogP contribution in [0.1, 0.15) is 5.56 Å². The zero-order valence-corrected chi connectivity index (χ0v) is 18.3. The third-order valence-electron chi connectivity index (χ3n) is 4.00. The SMILES string of the molecule is C=CCOc1ccc(Br)cc1/C=C1/SC(=O)N(CC(=O)Nc2ccc(F)cc2F)C1=O. The smallest absolute Gasteiger partial charge is 0.294 e. The average Bonchev–Trinajstić information content (AvgIpc) is 2.97. The Labute approximate surface area is 189 Å². The fraction of sp³-hybridized carbons (Fsp3) is 0.0952. The molecular weight excluding hydrogens is 494 g/mol. The van der Waals surface area contributed by atoms with Crippen molar-refractivity contribution < 1.29 is 27.9 Å². The van der Waals surface area contributed by atoms with Gasteiger partial charge in [-0.2, -0.15) is 0 Å². The van der Waals surface area contributed by atoms with Crippen LogP contribution in [0.15, 0.2) is 58.4 Å². The quantitative estimate of drug-likeness (QED) is 0.422. The van der Waals surface area contributed by atoms with Gasteiger partial charge in [-0.1, -0.05) is 28.6 Å². The second-order valence-corrected chi connectivity index (χ2v) is 8.13. The standard InChI is InChI=1S/C21H15BrF2N2O4S/c1-2-7-30-17-6-3-13(22)8-12(17)9-18-20(28)26(21(29)31-18)11-19(27)25-16-5-4-14(23)10-15(16)24/h2-6,8-10H,1,7,11H2,(H,25,27)/b18-9+. The minimum Gasteiger partial charge on any atom is -0.489 e. The number of ether oxygens (including phenoxy) is 1. The van der Waals surface area contributed by atoms with Crippen molar-refractivity contribution in [3.63, 3.8) is 0 Å². The number of nitrogens with zero attached hydrogens (tertiary/aromatic N) is 1. The number of nitrogens with one attached hydrogen (secondary N) is 1. The number of thioether (sulfide) groups is 1. The molecule has 31 heavy (non-hydrogen) atoms. The molecule has 3 rings (SSSR count). The maximum Gasteiger partial charge on any atom is 0.294 e. The van der Waals surface area contributed by atoms with Gasteiger partial charge >= 0.3 is 0 Å². The van der Waals surface area contributed by atoms with Gasteiger partial charge in [-0.25, -0.2) is 8.78 Å². The predicted molar refractivity (Wildman–Crippen MR) is 117 cm³/mol. The Kier molecular flexibility index (Phi) is 7.24. The number of anilines is 1. The minimum absolute atomic E-state index is 0.104. The lowest BCUT2D eigenvalue weighted by Gasteiger charge is -2.13. The van der Waals surface area contributed by atoms with E-state index >= 15 is 0 Å². The van der Waals surface area contributed by atoms with E-state index < -0.39 is 35.2 Å². The van der Waals surface area contributed by atoms with Crippen LogP contribution in [0, 0.1) is 11.6 Å². The molecule has 0 spiro atoms. The molecule has 2 aromatic rings. The van der Waals surface area contributed by atoms with E-state index in [1.54, 1.807) is 24.3 Å². The molecule has 1 aliphatic heterocycles. The first-order chi connectivity index (χ1) is 14.8. The molecule has 0 aliphatic carbocycles. The number of hydrogen-bond donors (Lipinski definition) is 1. The number of hydrogen-bond acceptors (Lipinski definition) is 5. The van der Waals surface area contributed by atoms with Gasteiger partial charge in [0.05, 0.1) is 10.6 Å². The number of benzene rings is 2. The van der Waals surface area contributed by atoms with Gasteiger partial charge < -0.3 is 10.1 Å². The molecule has 0 radical (unpaired) electrons. The molecule has 6 nitrogen and oxygen atoms in total. The molecule has 1 N–H and O–H groups in total. The highest BCUT2D eigenvalue weighted by Gasteiger charge is 2.36. The van der Waals surface area contributed by atoms with Crippen LogP contribution in [-0.2, 0) is 9.59 Å². The van der Waals surface area contributed by atoms with Crippen molar-refractivity contribution in [2.45, 2.75) is 0 Å². The van der Waals surface area contributed by atoms with Gasteiger partial charge in [-0.05, 0) is 48.2 Å². The van der Waals surface area contributed by atoms with Crippen LogP contribution in [0.5, 0.6) is 5.75 Å². The zero-order chi connectivity index (χ0) is 22.5. The summed E-state index contributed by atoms with van der Waals surface area (Å²) in [6.45, 7) is 3.23. The molecule has 1 aliphatic rings. The van der Waals surface area contributed by atoms with Gasteiger partial charge in [0.1, 0.15) is 30.5 Å². The van der Waals surface area contributed by atoms with E-state index in [9.17, 15) is 23.2 Å². The zero-order valence-electron chi connectivity index (χ0n) is 15.9. The molecule has 0 saturated carbocycles. The van der Waals surface area contributed by atoms with Crippen molar-refractivity contribution in [2.24, 2.45) is 0 Å². The summed E-state index contributed by atoms with van der Waals surface area (Å²) >= 11 is 4.02. The second kappa shape index (κ2) is 9.88. The normalized spacial score (nSPS) is 14.8. The molecule has 1 fully saturated rings. The first kappa shape index (κ1) is 22.7. The van der Waals surface area contributed by atoms with E-state index in [4.69, 9.17) is 4.74 Å². The van der Waals surface area contributed by atoms with Crippen molar-refractivity contribution in [3.8, 4) is 5.75 Å². The number of halogens is 3. The van der Waals surface area contributed by atoms with E-state index in [1.165, 1.54) is 6.08 Å². The second-order valence-electron chi connectivity index (χ2n) is 6.22. The Morgan fingerprint density at radius 1 is 1.23 bits per heavy atom. The molecule has 0 unspecified atom stereocenters. The fourth-order valence-corrected chi connectivity index (χ4v) is 3.82. The molecule has 0 atom stereocenters. The lowest BCUT2D eigenvalue weighted by molar-refractivity contribution is -0.127. The molecule has 1 saturated heterocycles. The third-order valence-corrected chi connectivity index (χ3v) is 5.40. The summed E-state index contributed by atoms with van der Waals surface area (Å²) in [5.74, 6) is -2.75. The van der Waals surface area contributed by atoms with E-state index in [0.29, 0.717) is 29.1 Å². The van der Waals surface area contributed by atoms with Gasteiger partial charge in [-0.15, -0.1) is 0 Å². The first-order valence-corrected chi connectivity index (χ1v) is 10.4. The van der Waals surface area contributed by atoms with Gasteiger partial charge in [0.25, 0.3) is 11.1 Å². The molecule has 10 heteroatoms. The fourth-order valence-electron chi connectivity index (χ4n) is 2.61. The Hall–Kier alpha value is -2.98. The van der Waals surface area contributed by atoms with Crippen LogP contribution < -0.4 is 10.1 Å². The van der Waals surface area contributed by atoms with Crippen molar-refractivity contribution in [3.05, 3.63) is 75.6 Å². The average molecular weight is 509 g/mol. The lowest BCUT2D eigenvalue weighted by atomic mass is 10.2. The summed E-state index contributed by atoms with van der Waals surface area (Å²) in [6, 6.07) is 7.83. The number of amides is 3. The van der Waals surface area contributed by atoms with Crippen molar-refractivity contribution >= 4 is 56.5 Å². The van der Waals surface area contributed by atoms with Gasteiger partial charge in [0.2, 0.25) is 5.91 Å². The Bertz CT molecular complexity index is 1110. The topological polar surface area (TPSA) is 75.7 Å². The summed E-state index contributed by atoms with van der Waals surface area (Å²) in [5, 5.41) is 1.57. The number of carbonyl (C=O) groups is 3. The molecule has 3 amide bonds. The summed E-state index contributed by atoms with van der Waals surface area (Å²) in [5.41, 5.74) is 0.298. The Balaban J connectivity index is 1.76. The summed E-state index contributed by atoms with van der Waals surface area (Å²) in [4.78, 5) is 38.0. The van der Waals surface area contributed by atoms with E-state index in [-0.39, 0.29) is 17.2 Å². The number of imide groups is 1. The highest BCUT2D eigenvalue weighted by molar-refractivity contribution is 9.10. The van der Waals surface area contributed by atoms with Crippen LogP contribution in [0.2, 0.25) is 0 Å². The predicted octanol–water partition coefficient (Wildman–Crippen LogP) is 4.97.